The SMILES string of the molecule is O=C(NCC(F)(F)CO)c1cccc([N+](=O)[O-])c1Cl. The van der Waals surface area contributed by atoms with Crippen molar-refractivity contribution >= 4 is 23.2 Å². The standard InChI is InChI=1S/C10H9ClF2N2O4/c11-8-6(2-1-3-7(8)15(18)19)9(17)14-4-10(12,13)5-16/h1-3,16H,4-5H2,(H,14,17). The molecule has 0 atom stereocenters. The van der Waals surface area contributed by atoms with Crippen LogP contribution in [0.1, 0.15) is 10.4 Å². The Morgan fingerprint density at radius 2 is 2.16 bits per heavy atom. The van der Waals surface area contributed by atoms with E-state index in [1.807, 2.05) is 5.32 Å². The fourth-order valence-corrected chi connectivity index (χ4v) is 1.48. The molecule has 9 heteroatoms. The van der Waals surface area contributed by atoms with Gasteiger partial charge in [-0.2, -0.15) is 0 Å². The van der Waals surface area contributed by atoms with Gasteiger partial charge in [-0.15, -0.1) is 0 Å². The smallest absolute Gasteiger partial charge is 0.288 e. The van der Waals surface area contributed by atoms with Crippen molar-refractivity contribution in [2.24, 2.45) is 0 Å². The molecule has 6 nitrogen and oxygen atoms in total. The van der Waals surface area contributed by atoms with E-state index in [1.165, 1.54) is 12.1 Å². The molecule has 0 aliphatic carbocycles. The Morgan fingerprint density at radius 3 is 2.68 bits per heavy atom. The highest BCUT2D eigenvalue weighted by atomic mass is 35.5. The topological polar surface area (TPSA) is 92.5 Å². The minimum Gasteiger partial charge on any atom is -0.390 e. The first-order chi connectivity index (χ1) is 8.78. The highest BCUT2D eigenvalue weighted by Gasteiger charge is 2.29. The van der Waals surface area contributed by atoms with Gasteiger partial charge in [-0.25, -0.2) is 8.78 Å². The lowest BCUT2D eigenvalue weighted by atomic mass is 10.2. The molecular weight excluding hydrogens is 286 g/mol. The van der Waals surface area contributed by atoms with Gasteiger partial charge in [0, 0.05) is 6.07 Å². The Balaban J connectivity index is 2.89. The second kappa shape index (κ2) is 5.89. The molecule has 0 heterocycles. The summed E-state index contributed by atoms with van der Waals surface area (Å²) in [6.45, 7) is -2.52. The van der Waals surface area contributed by atoms with Crippen LogP contribution in [-0.2, 0) is 0 Å². The van der Waals surface area contributed by atoms with E-state index in [4.69, 9.17) is 16.7 Å². The van der Waals surface area contributed by atoms with E-state index >= 15 is 0 Å². The first kappa shape index (κ1) is 15.3. The molecule has 0 aliphatic rings. The van der Waals surface area contributed by atoms with Gasteiger partial charge in [-0.3, -0.25) is 14.9 Å². The van der Waals surface area contributed by atoms with Gasteiger partial charge in [0.25, 0.3) is 17.5 Å². The van der Waals surface area contributed by atoms with Crippen LogP contribution in [-0.4, -0.2) is 35.0 Å². The number of nitrogens with one attached hydrogen (secondary N) is 1. The summed E-state index contributed by atoms with van der Waals surface area (Å²) in [6.07, 6.45) is 0. The number of amides is 1. The van der Waals surface area contributed by atoms with E-state index in [2.05, 4.69) is 0 Å². The number of rotatable bonds is 5. The van der Waals surface area contributed by atoms with E-state index < -0.39 is 40.6 Å². The quantitative estimate of drug-likeness (QED) is 0.637. The molecule has 0 bridgehead atoms. The summed E-state index contributed by atoms with van der Waals surface area (Å²) in [5.41, 5.74) is -0.784. The van der Waals surface area contributed by atoms with E-state index in [0.29, 0.717) is 0 Å². The molecule has 0 spiro atoms. The minimum atomic E-state index is -3.47. The van der Waals surface area contributed by atoms with Crippen LogP contribution in [0, 0.1) is 10.1 Å². The number of nitro benzene ring substituents is 1. The monoisotopic (exact) mass is 294 g/mol. The van der Waals surface area contributed by atoms with E-state index in [1.54, 1.807) is 0 Å². The molecule has 2 N–H and O–H groups in total. The first-order valence-corrected chi connectivity index (χ1v) is 5.36. The van der Waals surface area contributed by atoms with Crippen LogP contribution in [0.2, 0.25) is 5.02 Å². The van der Waals surface area contributed by atoms with E-state index in [-0.39, 0.29) is 5.56 Å². The van der Waals surface area contributed by atoms with Crippen LogP contribution >= 0.6 is 11.6 Å². The third-order valence-electron chi connectivity index (χ3n) is 2.16. The van der Waals surface area contributed by atoms with Crippen LogP contribution in [0.5, 0.6) is 0 Å². The van der Waals surface area contributed by atoms with Crippen LogP contribution in [0.15, 0.2) is 18.2 Å². The second-order valence-electron chi connectivity index (χ2n) is 3.59. The number of alkyl halides is 2. The summed E-state index contributed by atoms with van der Waals surface area (Å²) >= 11 is 5.64. The maximum absolute atomic E-state index is 12.7. The largest absolute Gasteiger partial charge is 0.390 e. The molecule has 0 unspecified atom stereocenters. The van der Waals surface area contributed by atoms with Gasteiger partial charge in [-0.1, -0.05) is 17.7 Å². The summed E-state index contributed by atoms with van der Waals surface area (Å²) in [5, 5.41) is 20.3. The molecule has 19 heavy (non-hydrogen) atoms. The van der Waals surface area contributed by atoms with E-state index in [9.17, 15) is 23.7 Å². The third-order valence-corrected chi connectivity index (χ3v) is 2.56. The maximum Gasteiger partial charge on any atom is 0.288 e. The molecule has 1 aromatic rings. The number of hydrogen-bond donors (Lipinski definition) is 2. The van der Waals surface area contributed by atoms with Crippen molar-refractivity contribution < 1.29 is 23.6 Å². The van der Waals surface area contributed by atoms with Crippen molar-refractivity contribution in [3.8, 4) is 0 Å². The predicted molar refractivity (Wildman–Crippen MR) is 62.5 cm³/mol. The molecule has 104 valence electrons. The van der Waals surface area contributed by atoms with Crippen molar-refractivity contribution in [1.82, 2.24) is 5.32 Å². The lowest BCUT2D eigenvalue weighted by Crippen LogP contribution is -2.39. The average Bonchev–Trinajstić information content (AvgIpc) is 2.36. The number of aliphatic hydroxyl groups excluding tert-OH is 1. The van der Waals surface area contributed by atoms with Crippen LogP contribution in [0.3, 0.4) is 0 Å². The number of aliphatic hydroxyl groups is 1. The van der Waals surface area contributed by atoms with Crippen molar-refractivity contribution in [3.05, 3.63) is 38.9 Å². The number of halogens is 3. The zero-order valence-electron chi connectivity index (χ0n) is 9.40. The van der Waals surface area contributed by atoms with Crippen molar-refractivity contribution in [3.63, 3.8) is 0 Å². The predicted octanol–water partition coefficient (Wildman–Crippen LogP) is 1.61. The lowest BCUT2D eigenvalue weighted by Gasteiger charge is -2.14. The molecule has 0 saturated carbocycles. The maximum atomic E-state index is 12.7. The normalized spacial score (nSPS) is 11.2. The molecule has 0 saturated heterocycles. The first-order valence-electron chi connectivity index (χ1n) is 4.98. The Bertz CT molecular complexity index is 510. The molecule has 1 rings (SSSR count). The summed E-state index contributed by atoms with van der Waals surface area (Å²) in [4.78, 5) is 21.4. The van der Waals surface area contributed by atoms with E-state index in [0.717, 1.165) is 6.07 Å². The van der Waals surface area contributed by atoms with Gasteiger partial charge in [0.15, 0.2) is 0 Å². The Labute approximate surface area is 111 Å². The van der Waals surface area contributed by atoms with Crippen molar-refractivity contribution in [2.45, 2.75) is 5.92 Å². The van der Waals surface area contributed by atoms with Gasteiger partial charge in [0.1, 0.15) is 11.6 Å². The summed E-state index contributed by atoms with van der Waals surface area (Å²) in [7, 11) is 0. The molecule has 0 radical (unpaired) electrons. The third kappa shape index (κ3) is 3.83. The number of benzene rings is 1. The number of nitrogens with zero attached hydrogens (tertiary/aromatic N) is 1. The molecule has 0 aliphatic heterocycles. The fourth-order valence-electron chi connectivity index (χ4n) is 1.20. The average molecular weight is 295 g/mol. The Hall–Kier alpha value is -1.80. The molecule has 0 aromatic heterocycles. The summed E-state index contributed by atoms with van der Waals surface area (Å²) < 4.78 is 25.5. The zero-order chi connectivity index (χ0) is 14.6. The van der Waals surface area contributed by atoms with Gasteiger partial charge in [-0.05, 0) is 6.07 Å². The second-order valence-corrected chi connectivity index (χ2v) is 3.97. The number of carbonyl (C=O) groups excluding carboxylic acids is 1. The number of nitro groups is 1. The number of hydrogen-bond acceptors (Lipinski definition) is 4. The van der Waals surface area contributed by atoms with Gasteiger partial charge in [0.05, 0.1) is 17.0 Å². The van der Waals surface area contributed by atoms with Gasteiger partial charge >= 0.3 is 0 Å². The molecule has 1 aromatic carbocycles. The Kier molecular flexibility index (Phi) is 4.73. The molecule has 0 fully saturated rings. The Morgan fingerprint density at radius 1 is 1.53 bits per heavy atom. The zero-order valence-corrected chi connectivity index (χ0v) is 10.2. The minimum absolute atomic E-state index is 0.287. The van der Waals surface area contributed by atoms with Crippen LogP contribution < -0.4 is 5.32 Å². The highest BCUT2D eigenvalue weighted by Crippen LogP contribution is 2.27. The summed E-state index contributed by atoms with van der Waals surface area (Å²) in [6, 6.07) is 3.46. The van der Waals surface area contributed by atoms with Crippen molar-refractivity contribution in [2.75, 3.05) is 13.2 Å². The molecule has 1 amide bonds. The van der Waals surface area contributed by atoms with Gasteiger partial charge < -0.3 is 10.4 Å². The number of carbonyl (C=O) groups is 1. The highest BCUT2D eigenvalue weighted by molar-refractivity contribution is 6.35. The fraction of sp³-hybridized carbons (Fsp3) is 0.300. The molecular formula is C10H9ClF2N2O4. The van der Waals surface area contributed by atoms with Crippen molar-refractivity contribution in [1.29, 1.82) is 0 Å². The van der Waals surface area contributed by atoms with Gasteiger partial charge in [0.2, 0.25) is 0 Å². The summed E-state index contributed by atoms with van der Waals surface area (Å²) in [5.74, 6) is -4.45. The lowest BCUT2D eigenvalue weighted by molar-refractivity contribution is -0.384. The van der Waals surface area contributed by atoms with Crippen LogP contribution in [0.4, 0.5) is 14.5 Å². The van der Waals surface area contributed by atoms with Crippen LogP contribution in [0.25, 0.3) is 0 Å².